The molecule has 0 aliphatic heterocycles. The predicted octanol–water partition coefficient (Wildman–Crippen LogP) is 2.44. The Balaban J connectivity index is 1.96. The van der Waals surface area contributed by atoms with Gasteiger partial charge in [0.2, 0.25) is 5.28 Å². The van der Waals surface area contributed by atoms with E-state index < -0.39 is 10.3 Å². The van der Waals surface area contributed by atoms with E-state index in [1.807, 2.05) is 6.07 Å². The summed E-state index contributed by atoms with van der Waals surface area (Å²) in [5.41, 5.74) is 0.789. The van der Waals surface area contributed by atoms with E-state index in [4.69, 9.17) is 27.4 Å². The van der Waals surface area contributed by atoms with Gasteiger partial charge in [-0.25, -0.2) is 14.2 Å². The Morgan fingerprint density at radius 3 is 2.59 bits per heavy atom. The molecule has 0 amide bonds. The highest BCUT2D eigenvalue weighted by Gasteiger charge is 2.21. The third-order valence-corrected chi connectivity index (χ3v) is 4.37. The molecule has 2 aromatic heterocycles. The Kier molecular flexibility index (Phi) is 4.00. The number of imidazole rings is 1. The third-order valence-electron chi connectivity index (χ3n) is 2.76. The molecule has 7 nitrogen and oxygen atoms in total. The molecule has 3 aromatic rings. The van der Waals surface area contributed by atoms with Crippen LogP contribution in [0.25, 0.3) is 11.2 Å². The van der Waals surface area contributed by atoms with Gasteiger partial charge in [-0.2, -0.15) is 17.4 Å². The summed E-state index contributed by atoms with van der Waals surface area (Å²) in [7, 11) is -4.13. The van der Waals surface area contributed by atoms with E-state index in [0.29, 0.717) is 5.56 Å². The SMILES string of the molecule is O=S(=O)(OCc1ccccc1)n1cnc2nc(Cl)nc(Cl)c21. The van der Waals surface area contributed by atoms with Gasteiger partial charge >= 0.3 is 10.3 Å². The maximum Gasteiger partial charge on any atom is 0.368 e. The molecule has 0 unspecified atom stereocenters. The lowest BCUT2D eigenvalue weighted by Gasteiger charge is -2.07. The van der Waals surface area contributed by atoms with E-state index in [1.165, 1.54) is 0 Å². The summed E-state index contributed by atoms with van der Waals surface area (Å²) in [6, 6.07) is 8.88. The molecule has 10 heteroatoms. The molecule has 0 aliphatic rings. The van der Waals surface area contributed by atoms with Crippen LogP contribution in [0.2, 0.25) is 10.4 Å². The number of aromatic nitrogens is 4. The van der Waals surface area contributed by atoms with Crippen molar-refractivity contribution in [2.75, 3.05) is 0 Å². The van der Waals surface area contributed by atoms with Gasteiger partial charge in [-0.05, 0) is 17.2 Å². The van der Waals surface area contributed by atoms with Crippen molar-refractivity contribution in [3.8, 4) is 0 Å². The molecular formula is C12H8Cl2N4O3S. The van der Waals surface area contributed by atoms with Crippen LogP contribution in [0.5, 0.6) is 0 Å². The first-order chi connectivity index (χ1) is 10.5. The fourth-order valence-corrected chi connectivity index (χ4v) is 3.25. The highest BCUT2D eigenvalue weighted by Crippen LogP contribution is 2.23. The number of hydrogen-bond donors (Lipinski definition) is 0. The van der Waals surface area contributed by atoms with Gasteiger partial charge in [0.05, 0.1) is 6.61 Å². The largest absolute Gasteiger partial charge is 0.368 e. The number of fused-ring (bicyclic) bond motifs is 1. The van der Waals surface area contributed by atoms with Crippen molar-refractivity contribution >= 4 is 44.7 Å². The first kappa shape index (κ1) is 15.2. The van der Waals surface area contributed by atoms with Crippen molar-refractivity contribution in [3.05, 3.63) is 52.7 Å². The fourth-order valence-electron chi connectivity index (χ4n) is 1.78. The molecule has 0 N–H and O–H groups in total. The lowest BCUT2D eigenvalue weighted by Crippen LogP contribution is -2.15. The molecule has 2 heterocycles. The molecule has 0 radical (unpaired) electrons. The Labute approximate surface area is 135 Å². The van der Waals surface area contributed by atoms with Gasteiger partial charge in [0.1, 0.15) is 11.8 Å². The van der Waals surface area contributed by atoms with E-state index in [2.05, 4.69) is 15.0 Å². The second kappa shape index (κ2) is 5.81. The van der Waals surface area contributed by atoms with Crippen LogP contribution in [0.4, 0.5) is 0 Å². The van der Waals surface area contributed by atoms with Crippen LogP contribution >= 0.6 is 23.2 Å². The standard InChI is InChI=1S/C12H8Cl2N4O3S/c13-10-9-11(17-12(14)16-10)15-7-18(9)22(19,20)21-6-8-4-2-1-3-5-8/h1-5,7H,6H2. The number of rotatable bonds is 4. The van der Waals surface area contributed by atoms with Gasteiger partial charge < -0.3 is 0 Å². The molecular weight excluding hydrogens is 351 g/mol. The maximum atomic E-state index is 12.3. The van der Waals surface area contributed by atoms with Crippen LogP contribution in [0, 0.1) is 0 Å². The van der Waals surface area contributed by atoms with E-state index >= 15 is 0 Å². The lowest BCUT2D eigenvalue weighted by atomic mass is 10.2. The molecule has 0 atom stereocenters. The van der Waals surface area contributed by atoms with Crippen LogP contribution in [-0.2, 0) is 21.1 Å². The Morgan fingerprint density at radius 1 is 1.14 bits per heavy atom. The summed E-state index contributed by atoms with van der Waals surface area (Å²) in [6.45, 7) is -0.116. The second-order valence-corrected chi connectivity index (χ2v) is 6.38. The predicted molar refractivity (Wildman–Crippen MR) is 80.9 cm³/mol. The monoisotopic (exact) mass is 358 g/mol. The first-order valence-electron chi connectivity index (χ1n) is 5.97. The van der Waals surface area contributed by atoms with Gasteiger partial charge in [-0.3, -0.25) is 0 Å². The molecule has 0 saturated carbocycles. The van der Waals surface area contributed by atoms with E-state index in [1.54, 1.807) is 24.3 Å². The molecule has 0 aliphatic carbocycles. The molecule has 0 spiro atoms. The van der Waals surface area contributed by atoms with Crippen molar-refractivity contribution < 1.29 is 12.6 Å². The number of hydrogen-bond acceptors (Lipinski definition) is 6. The molecule has 114 valence electrons. The summed E-state index contributed by atoms with van der Waals surface area (Å²) in [4.78, 5) is 11.4. The van der Waals surface area contributed by atoms with Crippen LogP contribution < -0.4 is 0 Å². The summed E-state index contributed by atoms with van der Waals surface area (Å²) in [5.74, 6) is 0. The van der Waals surface area contributed by atoms with Crippen LogP contribution in [0.3, 0.4) is 0 Å². The molecule has 0 saturated heterocycles. The number of benzene rings is 1. The van der Waals surface area contributed by atoms with Crippen LogP contribution in [0.1, 0.15) is 5.56 Å². The van der Waals surface area contributed by atoms with Gasteiger partial charge in [0.15, 0.2) is 10.8 Å². The van der Waals surface area contributed by atoms with Crippen LogP contribution in [-0.4, -0.2) is 27.3 Å². The maximum absolute atomic E-state index is 12.3. The van der Waals surface area contributed by atoms with Gasteiger partial charge in [0, 0.05) is 0 Å². The second-order valence-electron chi connectivity index (χ2n) is 4.20. The average molecular weight is 359 g/mol. The zero-order valence-corrected chi connectivity index (χ0v) is 13.2. The smallest absolute Gasteiger partial charge is 0.248 e. The summed E-state index contributed by atoms with van der Waals surface area (Å²) >= 11 is 11.6. The average Bonchev–Trinajstić information content (AvgIpc) is 2.91. The Hall–Kier alpha value is -1.74. The zero-order valence-electron chi connectivity index (χ0n) is 10.8. The normalized spacial score (nSPS) is 11.9. The van der Waals surface area contributed by atoms with E-state index in [-0.39, 0.29) is 28.2 Å². The van der Waals surface area contributed by atoms with Crippen LogP contribution in [0.15, 0.2) is 36.7 Å². The van der Waals surface area contributed by atoms with Gasteiger partial charge in [-0.1, -0.05) is 41.9 Å². The molecule has 0 fully saturated rings. The van der Waals surface area contributed by atoms with Crippen molar-refractivity contribution in [3.63, 3.8) is 0 Å². The summed E-state index contributed by atoms with van der Waals surface area (Å²) in [5, 5.41) is -0.246. The molecule has 22 heavy (non-hydrogen) atoms. The van der Waals surface area contributed by atoms with Crippen molar-refractivity contribution in [2.45, 2.75) is 6.61 Å². The lowest BCUT2D eigenvalue weighted by molar-refractivity contribution is 0.303. The van der Waals surface area contributed by atoms with Crippen molar-refractivity contribution in [1.29, 1.82) is 0 Å². The van der Waals surface area contributed by atoms with Gasteiger partial charge in [0.25, 0.3) is 0 Å². The fraction of sp³-hybridized carbons (Fsp3) is 0.0833. The topological polar surface area (TPSA) is 87.0 Å². The number of halogens is 2. The van der Waals surface area contributed by atoms with E-state index in [0.717, 1.165) is 10.3 Å². The van der Waals surface area contributed by atoms with E-state index in [9.17, 15) is 8.42 Å². The molecule has 1 aromatic carbocycles. The van der Waals surface area contributed by atoms with Crippen molar-refractivity contribution in [2.24, 2.45) is 0 Å². The quantitative estimate of drug-likeness (QED) is 0.525. The first-order valence-corrected chi connectivity index (χ1v) is 8.09. The minimum atomic E-state index is -4.13. The minimum absolute atomic E-state index is 0.0131. The Morgan fingerprint density at radius 2 is 1.86 bits per heavy atom. The highest BCUT2D eigenvalue weighted by atomic mass is 35.5. The molecule has 3 rings (SSSR count). The summed E-state index contributed by atoms with van der Waals surface area (Å²) in [6.07, 6.45) is 1.04. The number of nitrogens with zero attached hydrogens (tertiary/aromatic N) is 4. The molecule has 0 bridgehead atoms. The van der Waals surface area contributed by atoms with Gasteiger partial charge in [-0.15, -0.1) is 0 Å². The third kappa shape index (κ3) is 2.91. The zero-order chi connectivity index (χ0) is 15.7. The minimum Gasteiger partial charge on any atom is -0.248 e. The Bertz CT molecular complexity index is 928. The highest BCUT2D eigenvalue weighted by molar-refractivity contribution is 7.85. The summed E-state index contributed by atoms with van der Waals surface area (Å²) < 4.78 is 30.3. The van der Waals surface area contributed by atoms with Crippen molar-refractivity contribution in [1.82, 2.24) is 18.9 Å².